The molecular formula is C19H12F2N4O. The Balaban J connectivity index is 1.56. The number of anilines is 1. The van der Waals surface area contributed by atoms with Gasteiger partial charge in [0.1, 0.15) is 11.6 Å². The van der Waals surface area contributed by atoms with Crippen molar-refractivity contribution in [2.45, 2.75) is 0 Å². The minimum absolute atomic E-state index is 0.347. The Hall–Kier alpha value is -3.61. The summed E-state index contributed by atoms with van der Waals surface area (Å²) in [6.07, 6.45) is 5.36. The summed E-state index contributed by atoms with van der Waals surface area (Å²) in [5.41, 5.74) is 1.69. The van der Waals surface area contributed by atoms with Crippen molar-refractivity contribution < 1.29 is 13.6 Å². The summed E-state index contributed by atoms with van der Waals surface area (Å²) in [6.45, 7) is 0. The monoisotopic (exact) mass is 350 g/mol. The van der Waals surface area contributed by atoms with Crippen LogP contribution in [0.25, 0.3) is 17.0 Å². The highest BCUT2D eigenvalue weighted by molar-refractivity contribution is 6.04. The molecule has 0 aliphatic carbocycles. The molecule has 0 saturated carbocycles. The Morgan fingerprint density at radius 3 is 2.65 bits per heavy atom. The van der Waals surface area contributed by atoms with E-state index in [4.69, 9.17) is 0 Å². The molecule has 0 radical (unpaired) electrons. The number of nitrogens with zero attached hydrogens (tertiary/aromatic N) is 3. The number of carbonyl (C=O) groups is 1. The van der Waals surface area contributed by atoms with Crippen LogP contribution in [0.1, 0.15) is 10.4 Å². The van der Waals surface area contributed by atoms with Gasteiger partial charge < -0.3 is 5.32 Å². The van der Waals surface area contributed by atoms with Crippen LogP contribution in [0.4, 0.5) is 14.5 Å². The maximum atomic E-state index is 13.7. The molecule has 0 spiro atoms. The number of hydrogen-bond acceptors (Lipinski definition) is 3. The van der Waals surface area contributed by atoms with Crippen LogP contribution in [0.2, 0.25) is 0 Å². The van der Waals surface area contributed by atoms with Crippen LogP contribution in [-0.2, 0) is 0 Å². The third-order valence-electron chi connectivity index (χ3n) is 3.85. The van der Waals surface area contributed by atoms with E-state index in [2.05, 4.69) is 15.3 Å². The quantitative estimate of drug-likeness (QED) is 0.609. The zero-order valence-corrected chi connectivity index (χ0v) is 13.4. The predicted octanol–water partition coefficient (Wildman–Crippen LogP) is 3.93. The van der Waals surface area contributed by atoms with Crippen molar-refractivity contribution in [1.29, 1.82) is 0 Å². The molecule has 0 atom stereocenters. The third kappa shape index (κ3) is 3.02. The smallest absolute Gasteiger partial charge is 0.258 e. The van der Waals surface area contributed by atoms with Crippen LogP contribution < -0.4 is 5.32 Å². The Kier molecular flexibility index (Phi) is 3.89. The average Bonchev–Trinajstić information content (AvgIpc) is 3.08. The summed E-state index contributed by atoms with van der Waals surface area (Å²) in [5.74, 6) is -1.58. The van der Waals surface area contributed by atoms with E-state index in [-0.39, 0.29) is 5.56 Å². The van der Waals surface area contributed by atoms with Crippen LogP contribution in [0.3, 0.4) is 0 Å². The number of carbonyl (C=O) groups excluding carboxylic acids is 1. The lowest BCUT2D eigenvalue weighted by Gasteiger charge is -2.07. The molecule has 0 fully saturated rings. The second-order valence-electron chi connectivity index (χ2n) is 5.61. The van der Waals surface area contributed by atoms with Gasteiger partial charge >= 0.3 is 0 Å². The van der Waals surface area contributed by atoms with Gasteiger partial charge in [-0.15, -0.1) is 0 Å². The van der Waals surface area contributed by atoms with Crippen LogP contribution >= 0.6 is 0 Å². The highest BCUT2D eigenvalue weighted by atomic mass is 19.1. The van der Waals surface area contributed by atoms with Gasteiger partial charge in [0.05, 0.1) is 11.3 Å². The first kappa shape index (κ1) is 15.9. The van der Waals surface area contributed by atoms with Gasteiger partial charge in [-0.2, -0.15) is 0 Å². The number of imidazole rings is 1. The van der Waals surface area contributed by atoms with Gasteiger partial charge in [-0.25, -0.2) is 18.7 Å². The summed E-state index contributed by atoms with van der Waals surface area (Å²) in [6, 6.07) is 11.4. The Labute approximate surface area is 147 Å². The lowest BCUT2D eigenvalue weighted by Crippen LogP contribution is -2.14. The van der Waals surface area contributed by atoms with Gasteiger partial charge in [0.25, 0.3) is 5.91 Å². The summed E-state index contributed by atoms with van der Waals surface area (Å²) >= 11 is 0. The molecule has 0 unspecified atom stereocenters. The number of hydrogen-bond donors (Lipinski definition) is 1. The normalized spacial score (nSPS) is 10.8. The molecule has 128 valence electrons. The van der Waals surface area contributed by atoms with Crippen molar-refractivity contribution in [1.82, 2.24) is 14.4 Å². The topological polar surface area (TPSA) is 59.3 Å². The van der Waals surface area contributed by atoms with E-state index in [9.17, 15) is 13.6 Å². The Morgan fingerprint density at radius 2 is 1.88 bits per heavy atom. The fourth-order valence-electron chi connectivity index (χ4n) is 2.56. The number of rotatable bonds is 3. The summed E-state index contributed by atoms with van der Waals surface area (Å²) < 4.78 is 28.7. The zero-order chi connectivity index (χ0) is 18.1. The number of nitrogens with one attached hydrogen (secondary N) is 1. The molecule has 2 aromatic heterocycles. The summed E-state index contributed by atoms with van der Waals surface area (Å²) in [7, 11) is 0. The molecule has 0 aliphatic heterocycles. The molecule has 1 amide bonds. The molecule has 1 N–H and O–H groups in total. The van der Waals surface area contributed by atoms with Gasteiger partial charge in [-0.1, -0.05) is 12.1 Å². The molecule has 5 nitrogen and oxygen atoms in total. The number of fused-ring (bicyclic) bond motifs is 1. The van der Waals surface area contributed by atoms with E-state index in [1.165, 1.54) is 0 Å². The molecule has 0 saturated heterocycles. The number of aromatic nitrogens is 3. The molecule has 2 heterocycles. The van der Waals surface area contributed by atoms with Crippen molar-refractivity contribution in [3.8, 4) is 11.3 Å². The van der Waals surface area contributed by atoms with E-state index in [0.29, 0.717) is 11.5 Å². The zero-order valence-electron chi connectivity index (χ0n) is 13.4. The number of benzene rings is 2. The van der Waals surface area contributed by atoms with Crippen molar-refractivity contribution in [3.05, 3.63) is 84.3 Å². The molecule has 0 bridgehead atoms. The SMILES string of the molecule is O=C(Nc1ccc(-c2cn3cccnc3n2)cc1)c1cc(F)ccc1F. The fourth-order valence-corrected chi connectivity index (χ4v) is 2.56. The molecule has 4 rings (SSSR count). The van der Waals surface area contributed by atoms with Crippen molar-refractivity contribution >= 4 is 17.4 Å². The van der Waals surface area contributed by atoms with E-state index in [1.807, 2.05) is 18.5 Å². The molecule has 0 aliphatic rings. The lowest BCUT2D eigenvalue weighted by molar-refractivity contribution is 0.102. The third-order valence-corrected chi connectivity index (χ3v) is 3.85. The van der Waals surface area contributed by atoms with Gasteiger partial charge in [-0.3, -0.25) is 9.20 Å². The first-order valence-corrected chi connectivity index (χ1v) is 7.77. The van der Waals surface area contributed by atoms with Gasteiger partial charge in [-0.05, 0) is 36.4 Å². The predicted molar refractivity (Wildman–Crippen MR) is 92.7 cm³/mol. The highest BCUT2D eigenvalue weighted by Gasteiger charge is 2.13. The molecular weight excluding hydrogens is 338 g/mol. The maximum Gasteiger partial charge on any atom is 0.258 e. The average molecular weight is 350 g/mol. The molecule has 4 aromatic rings. The second kappa shape index (κ2) is 6.36. The van der Waals surface area contributed by atoms with Crippen molar-refractivity contribution in [2.24, 2.45) is 0 Å². The first-order valence-electron chi connectivity index (χ1n) is 7.77. The van der Waals surface area contributed by atoms with Gasteiger partial charge in [0.15, 0.2) is 0 Å². The minimum atomic E-state index is -0.780. The summed E-state index contributed by atoms with van der Waals surface area (Å²) in [4.78, 5) is 20.7. The fraction of sp³-hybridized carbons (Fsp3) is 0. The summed E-state index contributed by atoms with van der Waals surface area (Å²) in [5, 5.41) is 2.55. The van der Waals surface area contributed by atoms with Crippen LogP contribution in [0.5, 0.6) is 0 Å². The van der Waals surface area contributed by atoms with Crippen LogP contribution in [0.15, 0.2) is 67.1 Å². The molecule has 26 heavy (non-hydrogen) atoms. The second-order valence-corrected chi connectivity index (χ2v) is 5.61. The number of amides is 1. The van der Waals surface area contributed by atoms with E-state index in [0.717, 1.165) is 29.5 Å². The molecule has 2 aromatic carbocycles. The van der Waals surface area contributed by atoms with Gasteiger partial charge in [0.2, 0.25) is 5.78 Å². The van der Waals surface area contributed by atoms with Gasteiger partial charge in [0, 0.05) is 29.8 Å². The molecule has 7 heteroatoms. The van der Waals surface area contributed by atoms with E-state index < -0.39 is 17.5 Å². The first-order chi connectivity index (χ1) is 12.6. The number of halogens is 2. The Morgan fingerprint density at radius 1 is 1.08 bits per heavy atom. The minimum Gasteiger partial charge on any atom is -0.322 e. The van der Waals surface area contributed by atoms with Crippen LogP contribution in [0, 0.1) is 11.6 Å². The van der Waals surface area contributed by atoms with Crippen molar-refractivity contribution in [3.63, 3.8) is 0 Å². The van der Waals surface area contributed by atoms with Crippen LogP contribution in [-0.4, -0.2) is 20.3 Å². The highest BCUT2D eigenvalue weighted by Crippen LogP contribution is 2.21. The maximum absolute atomic E-state index is 13.7. The van der Waals surface area contributed by atoms with E-state index in [1.54, 1.807) is 34.9 Å². The lowest BCUT2D eigenvalue weighted by atomic mass is 10.1. The largest absolute Gasteiger partial charge is 0.322 e. The van der Waals surface area contributed by atoms with Crippen molar-refractivity contribution in [2.75, 3.05) is 5.32 Å². The van der Waals surface area contributed by atoms with E-state index >= 15 is 0 Å². The standard InChI is InChI=1S/C19H12F2N4O/c20-13-4-7-16(21)15(10-13)18(26)23-14-5-2-12(3-6-14)17-11-25-9-1-8-22-19(25)24-17/h1-11H,(H,23,26). The Bertz CT molecular complexity index is 1070.